The average molecular weight is 380 g/mol. The van der Waals surface area contributed by atoms with Crippen molar-refractivity contribution in [2.45, 2.75) is 40.3 Å². The Morgan fingerprint density at radius 2 is 1.76 bits per heavy atom. The van der Waals surface area contributed by atoms with Crippen molar-refractivity contribution in [3.63, 3.8) is 0 Å². The number of rotatable bonds is 5. The lowest BCUT2D eigenvalue weighted by atomic mass is 10.0. The molecule has 2 N–H and O–H groups in total. The SMILES string of the molecule is Cc1cc(C)c(NC(=O)[C@H](C)[NH+](C)Cc2cccc(Cl)c2Cl)c(C)c1. The summed E-state index contributed by atoms with van der Waals surface area (Å²) in [6, 6.07) is 9.51. The number of carbonyl (C=O) groups is 1. The molecule has 0 aliphatic carbocycles. The predicted octanol–water partition coefficient (Wildman–Crippen LogP) is 3.96. The van der Waals surface area contributed by atoms with Crippen LogP contribution in [0.5, 0.6) is 0 Å². The fourth-order valence-electron chi connectivity index (χ4n) is 2.97. The Kier molecular flexibility index (Phi) is 6.50. The molecule has 0 bridgehead atoms. The van der Waals surface area contributed by atoms with Crippen LogP contribution in [0.4, 0.5) is 5.69 Å². The quantitative estimate of drug-likeness (QED) is 0.809. The fourth-order valence-corrected chi connectivity index (χ4v) is 3.36. The summed E-state index contributed by atoms with van der Waals surface area (Å²) >= 11 is 12.3. The van der Waals surface area contributed by atoms with E-state index in [-0.39, 0.29) is 11.9 Å². The molecule has 0 heterocycles. The van der Waals surface area contributed by atoms with Gasteiger partial charge in [0, 0.05) is 11.3 Å². The lowest BCUT2D eigenvalue weighted by molar-refractivity contribution is -0.907. The minimum Gasteiger partial charge on any atom is -0.324 e. The van der Waals surface area contributed by atoms with Crippen LogP contribution in [-0.4, -0.2) is 19.0 Å². The van der Waals surface area contributed by atoms with Gasteiger partial charge in [-0.3, -0.25) is 4.79 Å². The molecule has 0 spiro atoms. The topological polar surface area (TPSA) is 33.5 Å². The van der Waals surface area contributed by atoms with Gasteiger partial charge in [-0.2, -0.15) is 0 Å². The summed E-state index contributed by atoms with van der Waals surface area (Å²) in [5.41, 5.74) is 5.19. The standard InChI is InChI=1S/C20H24Cl2N2O/c1-12-9-13(2)19(14(3)10-12)23-20(25)15(4)24(5)11-16-7-6-8-17(21)18(16)22/h6-10,15H,11H2,1-5H3,(H,23,25)/p+1/t15-/m0/s1. The molecule has 25 heavy (non-hydrogen) atoms. The van der Waals surface area contributed by atoms with Crippen LogP contribution in [0.2, 0.25) is 10.0 Å². The normalized spacial score (nSPS) is 13.4. The van der Waals surface area contributed by atoms with Gasteiger partial charge in [-0.15, -0.1) is 0 Å². The maximum absolute atomic E-state index is 12.7. The van der Waals surface area contributed by atoms with Crippen molar-refractivity contribution in [1.82, 2.24) is 0 Å². The molecule has 1 unspecified atom stereocenters. The van der Waals surface area contributed by atoms with E-state index in [0.29, 0.717) is 16.6 Å². The molecular weight excluding hydrogens is 355 g/mol. The Balaban J connectivity index is 2.10. The van der Waals surface area contributed by atoms with Crippen LogP contribution in [0.15, 0.2) is 30.3 Å². The molecule has 0 aliphatic rings. The van der Waals surface area contributed by atoms with Gasteiger partial charge in [-0.25, -0.2) is 0 Å². The van der Waals surface area contributed by atoms with Gasteiger partial charge in [0.2, 0.25) is 0 Å². The van der Waals surface area contributed by atoms with E-state index in [4.69, 9.17) is 23.2 Å². The number of quaternary nitrogens is 1. The van der Waals surface area contributed by atoms with Crippen LogP contribution in [0.3, 0.4) is 0 Å². The van der Waals surface area contributed by atoms with Gasteiger partial charge in [-0.1, -0.05) is 53.0 Å². The Morgan fingerprint density at radius 1 is 1.16 bits per heavy atom. The molecule has 2 aromatic rings. The molecule has 2 atom stereocenters. The summed E-state index contributed by atoms with van der Waals surface area (Å²) in [6.45, 7) is 8.63. The zero-order valence-corrected chi connectivity index (χ0v) is 16.8. The number of carbonyl (C=O) groups excluding carboxylic acids is 1. The number of amides is 1. The molecule has 0 fully saturated rings. The summed E-state index contributed by atoms with van der Waals surface area (Å²) in [7, 11) is 1.98. The first-order chi connectivity index (χ1) is 11.7. The third kappa shape index (κ3) is 4.75. The summed E-state index contributed by atoms with van der Waals surface area (Å²) in [4.78, 5) is 13.7. The van der Waals surface area contributed by atoms with E-state index < -0.39 is 0 Å². The maximum atomic E-state index is 12.7. The van der Waals surface area contributed by atoms with E-state index in [2.05, 4.69) is 24.4 Å². The average Bonchev–Trinajstić information content (AvgIpc) is 2.54. The van der Waals surface area contributed by atoms with Gasteiger partial charge < -0.3 is 10.2 Å². The number of benzene rings is 2. The Labute approximate surface area is 159 Å². The molecule has 0 radical (unpaired) electrons. The highest BCUT2D eigenvalue weighted by molar-refractivity contribution is 6.42. The molecule has 0 aliphatic heterocycles. The van der Waals surface area contributed by atoms with Crippen molar-refractivity contribution in [2.24, 2.45) is 0 Å². The van der Waals surface area contributed by atoms with Gasteiger partial charge in [0.25, 0.3) is 5.91 Å². The van der Waals surface area contributed by atoms with E-state index in [1.165, 1.54) is 5.56 Å². The second kappa shape index (κ2) is 8.22. The Hall–Kier alpha value is -1.55. The molecule has 0 saturated carbocycles. The van der Waals surface area contributed by atoms with Crippen molar-refractivity contribution in [3.8, 4) is 0 Å². The Bertz CT molecular complexity index is 766. The van der Waals surface area contributed by atoms with E-state index in [1.807, 2.05) is 40.0 Å². The number of halogens is 2. The van der Waals surface area contributed by atoms with Gasteiger partial charge in [0.15, 0.2) is 6.04 Å². The molecule has 2 rings (SSSR count). The highest BCUT2D eigenvalue weighted by Crippen LogP contribution is 2.25. The summed E-state index contributed by atoms with van der Waals surface area (Å²) in [6.07, 6.45) is 0. The second-order valence-electron chi connectivity index (χ2n) is 6.72. The van der Waals surface area contributed by atoms with Gasteiger partial charge in [0.1, 0.15) is 6.54 Å². The van der Waals surface area contributed by atoms with Gasteiger partial charge in [-0.05, 0) is 44.9 Å². The fraction of sp³-hybridized carbons (Fsp3) is 0.350. The number of hydrogen-bond acceptors (Lipinski definition) is 1. The van der Waals surface area contributed by atoms with Crippen molar-refractivity contribution in [1.29, 1.82) is 0 Å². The molecular formula is C20H25Cl2N2O+. The largest absolute Gasteiger partial charge is 0.324 e. The molecule has 3 nitrogen and oxygen atoms in total. The van der Waals surface area contributed by atoms with E-state index in [1.54, 1.807) is 6.07 Å². The zero-order valence-electron chi connectivity index (χ0n) is 15.3. The van der Waals surface area contributed by atoms with Crippen LogP contribution in [-0.2, 0) is 11.3 Å². The van der Waals surface area contributed by atoms with E-state index >= 15 is 0 Å². The highest BCUT2D eigenvalue weighted by atomic mass is 35.5. The van der Waals surface area contributed by atoms with Gasteiger partial charge >= 0.3 is 0 Å². The minimum absolute atomic E-state index is 0.00861. The number of nitrogens with one attached hydrogen (secondary N) is 2. The summed E-state index contributed by atoms with van der Waals surface area (Å²) in [5.74, 6) is -0.00861. The molecule has 1 amide bonds. The van der Waals surface area contributed by atoms with E-state index in [9.17, 15) is 4.79 Å². The van der Waals surface area contributed by atoms with E-state index in [0.717, 1.165) is 27.3 Å². The third-order valence-electron chi connectivity index (χ3n) is 4.56. The number of aryl methyl sites for hydroxylation is 3. The minimum atomic E-state index is -0.227. The maximum Gasteiger partial charge on any atom is 0.282 e. The summed E-state index contributed by atoms with van der Waals surface area (Å²) < 4.78 is 0. The van der Waals surface area contributed by atoms with Gasteiger partial charge in [0.05, 0.1) is 17.1 Å². The second-order valence-corrected chi connectivity index (χ2v) is 7.51. The van der Waals surface area contributed by atoms with Crippen molar-refractivity contribution < 1.29 is 9.69 Å². The predicted molar refractivity (Wildman–Crippen MR) is 106 cm³/mol. The molecule has 0 saturated heterocycles. The smallest absolute Gasteiger partial charge is 0.282 e. The first-order valence-corrected chi connectivity index (χ1v) is 9.10. The zero-order chi connectivity index (χ0) is 18.7. The van der Waals surface area contributed by atoms with Crippen molar-refractivity contribution >= 4 is 34.8 Å². The molecule has 0 aromatic heterocycles. The Morgan fingerprint density at radius 3 is 2.36 bits per heavy atom. The molecule has 5 heteroatoms. The number of likely N-dealkylation sites (N-methyl/N-ethyl adjacent to an activating group) is 1. The summed E-state index contributed by atoms with van der Waals surface area (Å²) in [5, 5.41) is 4.17. The molecule has 2 aromatic carbocycles. The monoisotopic (exact) mass is 379 g/mol. The van der Waals surface area contributed by atoms with Crippen LogP contribution >= 0.6 is 23.2 Å². The highest BCUT2D eigenvalue weighted by Gasteiger charge is 2.24. The molecule has 134 valence electrons. The van der Waals surface area contributed by atoms with Crippen molar-refractivity contribution in [2.75, 3.05) is 12.4 Å². The van der Waals surface area contributed by atoms with Crippen LogP contribution < -0.4 is 10.2 Å². The first kappa shape index (κ1) is 19.8. The van der Waals surface area contributed by atoms with Crippen molar-refractivity contribution in [3.05, 3.63) is 62.6 Å². The third-order valence-corrected chi connectivity index (χ3v) is 5.42. The lowest BCUT2D eigenvalue weighted by Crippen LogP contribution is -3.12. The number of hydrogen-bond donors (Lipinski definition) is 2. The van der Waals surface area contributed by atoms with Crippen LogP contribution in [0, 0.1) is 20.8 Å². The number of anilines is 1. The van der Waals surface area contributed by atoms with Crippen LogP contribution in [0.1, 0.15) is 29.2 Å². The first-order valence-electron chi connectivity index (χ1n) is 8.34. The van der Waals surface area contributed by atoms with Crippen LogP contribution in [0.25, 0.3) is 0 Å². The lowest BCUT2D eigenvalue weighted by Gasteiger charge is -2.23.